The highest BCUT2D eigenvalue weighted by Crippen LogP contribution is 2.29. The zero-order valence-electron chi connectivity index (χ0n) is 11.9. The van der Waals surface area contributed by atoms with Gasteiger partial charge in [-0.3, -0.25) is 0 Å². The quantitative estimate of drug-likeness (QED) is 0.947. The molecular formula is C16H18N2O2S. The van der Waals surface area contributed by atoms with Crippen LogP contribution in [-0.4, -0.2) is 12.7 Å². The van der Waals surface area contributed by atoms with Crippen molar-refractivity contribution in [1.82, 2.24) is 4.31 Å². The summed E-state index contributed by atoms with van der Waals surface area (Å²) in [5, 5.41) is 0. The summed E-state index contributed by atoms with van der Waals surface area (Å²) in [5.41, 5.74) is 8.81. The predicted octanol–water partition coefficient (Wildman–Crippen LogP) is 2.41. The third-order valence-corrected chi connectivity index (χ3v) is 5.62. The van der Waals surface area contributed by atoms with Crippen LogP contribution in [0, 0.1) is 0 Å². The second kappa shape index (κ2) is 5.26. The minimum atomic E-state index is -3.48. The summed E-state index contributed by atoms with van der Waals surface area (Å²) in [7, 11) is -3.48. The highest BCUT2D eigenvalue weighted by Gasteiger charge is 2.30. The van der Waals surface area contributed by atoms with Crippen molar-refractivity contribution in [3.8, 4) is 0 Å². The van der Waals surface area contributed by atoms with E-state index >= 15 is 0 Å². The number of benzene rings is 2. The molecule has 0 aliphatic carbocycles. The molecule has 110 valence electrons. The molecule has 21 heavy (non-hydrogen) atoms. The molecule has 1 aliphatic rings. The van der Waals surface area contributed by atoms with Crippen molar-refractivity contribution in [2.24, 2.45) is 5.73 Å². The molecule has 0 spiro atoms. The first kappa shape index (κ1) is 14.3. The monoisotopic (exact) mass is 302 g/mol. The zero-order chi connectivity index (χ0) is 15.0. The first-order valence-electron chi connectivity index (χ1n) is 6.91. The molecule has 1 atom stereocenters. The van der Waals surface area contributed by atoms with E-state index in [9.17, 15) is 8.42 Å². The van der Waals surface area contributed by atoms with Crippen LogP contribution in [0.25, 0.3) is 0 Å². The van der Waals surface area contributed by atoms with Gasteiger partial charge in [0.05, 0.1) is 4.90 Å². The highest BCUT2D eigenvalue weighted by molar-refractivity contribution is 7.89. The van der Waals surface area contributed by atoms with Gasteiger partial charge >= 0.3 is 0 Å². The minimum absolute atomic E-state index is 0.184. The zero-order valence-corrected chi connectivity index (χ0v) is 12.7. The fourth-order valence-electron chi connectivity index (χ4n) is 2.58. The van der Waals surface area contributed by atoms with Gasteiger partial charge in [-0.05, 0) is 35.7 Å². The van der Waals surface area contributed by atoms with Gasteiger partial charge in [0.15, 0.2) is 0 Å². The van der Waals surface area contributed by atoms with E-state index in [1.165, 1.54) is 4.31 Å². The summed E-state index contributed by atoms with van der Waals surface area (Å²) in [4.78, 5) is 0.310. The van der Waals surface area contributed by atoms with E-state index in [1.54, 1.807) is 18.2 Å². The van der Waals surface area contributed by atoms with Crippen LogP contribution in [0.15, 0.2) is 53.4 Å². The fraction of sp³-hybridized carbons (Fsp3) is 0.250. The second-order valence-corrected chi connectivity index (χ2v) is 7.34. The lowest BCUT2D eigenvalue weighted by molar-refractivity contribution is 0.431. The Morgan fingerprint density at radius 1 is 1.05 bits per heavy atom. The number of hydrogen-bond donors (Lipinski definition) is 1. The van der Waals surface area contributed by atoms with Crippen LogP contribution in [0.4, 0.5) is 0 Å². The number of sulfonamides is 1. The number of hydrogen-bond acceptors (Lipinski definition) is 3. The molecule has 2 N–H and O–H groups in total. The van der Waals surface area contributed by atoms with Crippen molar-refractivity contribution in [2.45, 2.75) is 31.0 Å². The van der Waals surface area contributed by atoms with Crippen LogP contribution in [-0.2, 0) is 23.1 Å². The smallest absolute Gasteiger partial charge is 0.243 e. The lowest BCUT2D eigenvalue weighted by atomic mass is 10.1. The standard InChI is InChI=1S/C16H18N2O2S/c1-12(17)13-7-4-8-16(9-13)21(19,20)18-10-14-5-2-3-6-15(14)11-18/h2-9,12H,10-11,17H2,1H3. The Labute approximate surface area is 125 Å². The first-order valence-corrected chi connectivity index (χ1v) is 8.35. The summed E-state index contributed by atoms with van der Waals surface area (Å²) < 4.78 is 27.0. The van der Waals surface area contributed by atoms with E-state index in [0.717, 1.165) is 16.7 Å². The Kier molecular flexibility index (Phi) is 3.57. The maximum absolute atomic E-state index is 12.8. The van der Waals surface area contributed by atoms with Crippen molar-refractivity contribution < 1.29 is 8.42 Å². The largest absolute Gasteiger partial charge is 0.324 e. The van der Waals surface area contributed by atoms with Gasteiger partial charge in [0.2, 0.25) is 10.0 Å². The molecular weight excluding hydrogens is 284 g/mol. The van der Waals surface area contributed by atoms with Crippen LogP contribution in [0.2, 0.25) is 0 Å². The van der Waals surface area contributed by atoms with E-state index in [2.05, 4.69) is 0 Å². The van der Waals surface area contributed by atoms with Gasteiger partial charge in [0, 0.05) is 19.1 Å². The molecule has 4 nitrogen and oxygen atoms in total. The van der Waals surface area contributed by atoms with Crippen LogP contribution < -0.4 is 5.73 Å². The Hall–Kier alpha value is -1.69. The molecule has 0 amide bonds. The van der Waals surface area contributed by atoms with Crippen LogP contribution in [0.1, 0.15) is 29.7 Å². The molecule has 0 saturated heterocycles. The summed E-state index contributed by atoms with van der Waals surface area (Å²) in [5.74, 6) is 0. The highest BCUT2D eigenvalue weighted by atomic mass is 32.2. The average Bonchev–Trinajstić information content (AvgIpc) is 2.92. The molecule has 1 heterocycles. The summed E-state index contributed by atoms with van der Waals surface area (Å²) in [6.45, 7) is 2.71. The minimum Gasteiger partial charge on any atom is -0.324 e. The van der Waals surface area contributed by atoms with E-state index < -0.39 is 10.0 Å². The Bertz CT molecular complexity index is 744. The van der Waals surface area contributed by atoms with E-state index in [0.29, 0.717) is 18.0 Å². The van der Waals surface area contributed by atoms with Crippen LogP contribution in [0.5, 0.6) is 0 Å². The van der Waals surface area contributed by atoms with Crippen molar-refractivity contribution in [3.63, 3.8) is 0 Å². The molecule has 0 saturated carbocycles. The second-order valence-electron chi connectivity index (χ2n) is 5.40. The van der Waals surface area contributed by atoms with Gasteiger partial charge in [-0.1, -0.05) is 36.4 Å². The molecule has 0 radical (unpaired) electrons. The van der Waals surface area contributed by atoms with E-state index in [-0.39, 0.29) is 6.04 Å². The topological polar surface area (TPSA) is 63.4 Å². The van der Waals surface area contributed by atoms with Gasteiger partial charge in [-0.2, -0.15) is 4.31 Å². The molecule has 3 rings (SSSR count). The lowest BCUT2D eigenvalue weighted by Crippen LogP contribution is -2.25. The molecule has 1 unspecified atom stereocenters. The Balaban J connectivity index is 1.94. The van der Waals surface area contributed by atoms with Gasteiger partial charge in [-0.15, -0.1) is 0 Å². The molecule has 2 aromatic carbocycles. The number of nitrogens with zero attached hydrogens (tertiary/aromatic N) is 1. The van der Waals surface area contributed by atoms with E-state index in [1.807, 2.05) is 37.3 Å². The molecule has 0 aromatic heterocycles. The van der Waals surface area contributed by atoms with Crippen molar-refractivity contribution in [1.29, 1.82) is 0 Å². The van der Waals surface area contributed by atoms with Gasteiger partial charge in [0.1, 0.15) is 0 Å². The number of rotatable bonds is 3. The lowest BCUT2D eigenvalue weighted by Gasteiger charge is -2.17. The SMILES string of the molecule is CC(N)c1cccc(S(=O)(=O)N2Cc3ccccc3C2)c1. The summed E-state index contributed by atoms with van der Waals surface area (Å²) in [6, 6.07) is 14.5. The third kappa shape index (κ3) is 2.60. The maximum atomic E-state index is 12.8. The maximum Gasteiger partial charge on any atom is 0.243 e. The fourth-order valence-corrected chi connectivity index (χ4v) is 4.03. The molecule has 5 heteroatoms. The number of fused-ring (bicyclic) bond motifs is 1. The average molecular weight is 302 g/mol. The van der Waals surface area contributed by atoms with Gasteiger partial charge in [0.25, 0.3) is 0 Å². The third-order valence-electron chi connectivity index (χ3n) is 3.83. The molecule has 1 aliphatic heterocycles. The molecule has 0 bridgehead atoms. The van der Waals surface area contributed by atoms with Crippen LogP contribution in [0.3, 0.4) is 0 Å². The van der Waals surface area contributed by atoms with Gasteiger partial charge < -0.3 is 5.73 Å². The molecule has 2 aromatic rings. The Morgan fingerprint density at radius 2 is 1.67 bits per heavy atom. The normalized spacial score (nSPS) is 16.7. The first-order chi connectivity index (χ1) is 9.98. The van der Waals surface area contributed by atoms with Crippen molar-refractivity contribution in [2.75, 3.05) is 0 Å². The molecule has 0 fully saturated rings. The number of nitrogens with two attached hydrogens (primary N) is 1. The van der Waals surface area contributed by atoms with Crippen molar-refractivity contribution >= 4 is 10.0 Å². The summed E-state index contributed by atoms with van der Waals surface area (Å²) in [6.07, 6.45) is 0. The Morgan fingerprint density at radius 3 is 2.24 bits per heavy atom. The predicted molar refractivity (Wildman–Crippen MR) is 81.9 cm³/mol. The van der Waals surface area contributed by atoms with Crippen molar-refractivity contribution in [3.05, 3.63) is 65.2 Å². The summed E-state index contributed by atoms with van der Waals surface area (Å²) >= 11 is 0. The van der Waals surface area contributed by atoms with Crippen LogP contribution >= 0.6 is 0 Å². The van der Waals surface area contributed by atoms with E-state index in [4.69, 9.17) is 5.73 Å². The van der Waals surface area contributed by atoms with Gasteiger partial charge in [-0.25, -0.2) is 8.42 Å².